The largest absolute Gasteiger partial charge is 0.313 e. The number of nitrogens with one attached hydrogen (secondary N) is 1. The van der Waals surface area contributed by atoms with Crippen molar-refractivity contribution in [3.8, 4) is 0 Å². The molecule has 0 aliphatic carbocycles. The van der Waals surface area contributed by atoms with Gasteiger partial charge in [0.05, 0.1) is 0 Å². The quantitative estimate of drug-likeness (QED) is 0.721. The van der Waals surface area contributed by atoms with Crippen LogP contribution in [-0.4, -0.2) is 7.05 Å². The molecule has 0 saturated heterocycles. The average Bonchev–Trinajstić information content (AvgIpc) is 2.05. The Balaban J connectivity index is 0.000001000. The molecule has 0 unspecified atom stereocenters. The first-order valence-electron chi connectivity index (χ1n) is 3.57. The molecule has 1 nitrogen and oxygen atoms in total. The fraction of sp³-hybridized carbons (Fsp3) is 0.333. The number of hydrogen-bond acceptors (Lipinski definition) is 1. The van der Waals surface area contributed by atoms with E-state index in [0.29, 0.717) is 6.04 Å². The molecule has 0 aliphatic rings. The molecule has 62 valence electrons. The Morgan fingerprint density at radius 1 is 1.18 bits per heavy atom. The van der Waals surface area contributed by atoms with E-state index < -0.39 is 0 Å². The second-order valence-corrected chi connectivity index (χ2v) is 2.42. The maximum absolute atomic E-state index is 3.18. The van der Waals surface area contributed by atoms with Crippen LogP contribution in [0.3, 0.4) is 0 Å². The maximum atomic E-state index is 3.18. The van der Waals surface area contributed by atoms with E-state index in [-0.39, 0.29) is 12.4 Å². The fourth-order valence-electron chi connectivity index (χ4n) is 0.908. The summed E-state index contributed by atoms with van der Waals surface area (Å²) < 4.78 is 0. The van der Waals surface area contributed by atoms with Crippen LogP contribution in [0.1, 0.15) is 18.5 Å². The van der Waals surface area contributed by atoms with Crippen LogP contribution in [0.5, 0.6) is 0 Å². The van der Waals surface area contributed by atoms with E-state index in [1.807, 2.05) is 13.1 Å². The fourth-order valence-corrected chi connectivity index (χ4v) is 0.908. The predicted molar refractivity (Wildman–Crippen MR) is 51.2 cm³/mol. The van der Waals surface area contributed by atoms with Crippen molar-refractivity contribution in [3.63, 3.8) is 0 Å². The van der Waals surface area contributed by atoms with Gasteiger partial charge in [-0.3, -0.25) is 0 Å². The van der Waals surface area contributed by atoms with Crippen LogP contribution in [0.15, 0.2) is 30.3 Å². The Morgan fingerprint density at radius 3 is 2.18 bits per heavy atom. The number of benzene rings is 1. The van der Waals surface area contributed by atoms with Crippen molar-refractivity contribution in [3.05, 3.63) is 35.9 Å². The molecule has 1 aromatic carbocycles. The van der Waals surface area contributed by atoms with Crippen LogP contribution in [0.4, 0.5) is 0 Å². The lowest BCUT2D eigenvalue weighted by molar-refractivity contribution is 0.652. The summed E-state index contributed by atoms with van der Waals surface area (Å²) >= 11 is 0. The summed E-state index contributed by atoms with van der Waals surface area (Å²) in [5.41, 5.74) is 1.34. The molecule has 0 radical (unpaired) electrons. The van der Waals surface area contributed by atoms with E-state index in [0.717, 1.165) is 0 Å². The van der Waals surface area contributed by atoms with Gasteiger partial charge in [-0.05, 0) is 19.5 Å². The molecule has 0 spiro atoms. The summed E-state index contributed by atoms with van der Waals surface area (Å²) in [4.78, 5) is 0. The molecular weight excluding hydrogens is 158 g/mol. The van der Waals surface area contributed by atoms with Gasteiger partial charge in [0.25, 0.3) is 0 Å². The van der Waals surface area contributed by atoms with Crippen LogP contribution >= 0.6 is 12.4 Å². The van der Waals surface area contributed by atoms with Gasteiger partial charge in [0, 0.05) is 6.04 Å². The topological polar surface area (TPSA) is 12.0 Å². The molecule has 1 atom stereocenters. The van der Waals surface area contributed by atoms with Crippen molar-refractivity contribution in [1.29, 1.82) is 0 Å². The van der Waals surface area contributed by atoms with Gasteiger partial charge in [-0.15, -0.1) is 12.4 Å². The van der Waals surface area contributed by atoms with Crippen molar-refractivity contribution >= 4 is 12.4 Å². The van der Waals surface area contributed by atoms with Gasteiger partial charge in [-0.1, -0.05) is 30.3 Å². The lowest BCUT2D eigenvalue weighted by Crippen LogP contribution is -2.11. The zero-order chi connectivity index (χ0) is 7.40. The molecular formula is C9H14ClN. The smallest absolute Gasteiger partial charge is 0.0289 e. The van der Waals surface area contributed by atoms with E-state index in [9.17, 15) is 0 Å². The van der Waals surface area contributed by atoms with E-state index >= 15 is 0 Å². The van der Waals surface area contributed by atoms with E-state index in [1.165, 1.54) is 5.56 Å². The van der Waals surface area contributed by atoms with Crippen molar-refractivity contribution in [2.24, 2.45) is 0 Å². The van der Waals surface area contributed by atoms with Gasteiger partial charge in [0.15, 0.2) is 0 Å². The average molecular weight is 172 g/mol. The second-order valence-electron chi connectivity index (χ2n) is 2.42. The minimum absolute atomic E-state index is 0. The number of hydrogen-bond donors (Lipinski definition) is 1. The lowest BCUT2D eigenvalue weighted by atomic mass is 10.1. The normalized spacial score (nSPS) is 11.8. The van der Waals surface area contributed by atoms with Crippen molar-refractivity contribution in [1.82, 2.24) is 5.32 Å². The van der Waals surface area contributed by atoms with E-state index in [2.05, 4.69) is 36.5 Å². The maximum Gasteiger partial charge on any atom is 0.0289 e. The van der Waals surface area contributed by atoms with Crippen LogP contribution < -0.4 is 5.32 Å². The van der Waals surface area contributed by atoms with Gasteiger partial charge < -0.3 is 5.32 Å². The zero-order valence-electron chi connectivity index (χ0n) is 6.87. The first-order chi connectivity index (χ1) is 4.84. The first kappa shape index (κ1) is 10.5. The van der Waals surface area contributed by atoms with Crippen LogP contribution in [-0.2, 0) is 0 Å². The third kappa shape index (κ3) is 2.91. The molecule has 0 saturated carbocycles. The Morgan fingerprint density at radius 2 is 1.73 bits per heavy atom. The minimum Gasteiger partial charge on any atom is -0.313 e. The highest BCUT2D eigenvalue weighted by Gasteiger charge is 1.97. The van der Waals surface area contributed by atoms with Gasteiger partial charge in [-0.25, -0.2) is 0 Å². The first-order valence-corrected chi connectivity index (χ1v) is 3.57. The highest BCUT2D eigenvalue weighted by atomic mass is 35.5. The Bertz CT molecular complexity index is 186. The van der Waals surface area contributed by atoms with Crippen molar-refractivity contribution in [2.75, 3.05) is 7.05 Å². The molecule has 0 heterocycles. The monoisotopic (exact) mass is 171 g/mol. The molecule has 1 aromatic rings. The summed E-state index contributed by atoms with van der Waals surface area (Å²) in [6.07, 6.45) is 0. The lowest BCUT2D eigenvalue weighted by Gasteiger charge is -2.08. The van der Waals surface area contributed by atoms with Crippen LogP contribution in [0.2, 0.25) is 0 Å². The Labute approximate surface area is 74.2 Å². The molecule has 0 aromatic heterocycles. The highest BCUT2D eigenvalue weighted by Crippen LogP contribution is 2.09. The standard InChI is InChI=1S/C9H13N.ClH/c1-8(10-2)9-6-4-3-5-7-9;/h3-8,10H,1-2H3;1H/t8-;/m0./s1. The molecule has 0 fully saturated rings. The van der Waals surface area contributed by atoms with Crippen molar-refractivity contribution in [2.45, 2.75) is 13.0 Å². The molecule has 0 bridgehead atoms. The van der Waals surface area contributed by atoms with Gasteiger partial charge in [0.2, 0.25) is 0 Å². The van der Waals surface area contributed by atoms with Crippen LogP contribution in [0.25, 0.3) is 0 Å². The van der Waals surface area contributed by atoms with Gasteiger partial charge in [-0.2, -0.15) is 0 Å². The molecule has 0 aliphatic heterocycles. The SMILES string of the molecule is CN[C@@H](C)c1ccccc1.Cl. The van der Waals surface area contributed by atoms with Gasteiger partial charge >= 0.3 is 0 Å². The van der Waals surface area contributed by atoms with Crippen LogP contribution in [0, 0.1) is 0 Å². The summed E-state index contributed by atoms with van der Waals surface area (Å²) in [7, 11) is 1.97. The molecule has 0 amide bonds. The minimum atomic E-state index is 0. The molecule has 1 N–H and O–H groups in total. The summed E-state index contributed by atoms with van der Waals surface area (Å²) in [5, 5.41) is 3.18. The second kappa shape index (κ2) is 5.16. The third-order valence-electron chi connectivity index (χ3n) is 1.73. The Kier molecular flexibility index (Phi) is 4.92. The van der Waals surface area contributed by atoms with Gasteiger partial charge in [0.1, 0.15) is 0 Å². The Hall–Kier alpha value is -0.530. The van der Waals surface area contributed by atoms with Crippen molar-refractivity contribution < 1.29 is 0 Å². The summed E-state index contributed by atoms with van der Waals surface area (Å²) in [6.45, 7) is 2.15. The number of rotatable bonds is 2. The summed E-state index contributed by atoms with van der Waals surface area (Å²) in [5.74, 6) is 0. The highest BCUT2D eigenvalue weighted by molar-refractivity contribution is 5.85. The van der Waals surface area contributed by atoms with E-state index in [4.69, 9.17) is 0 Å². The summed E-state index contributed by atoms with van der Waals surface area (Å²) in [6, 6.07) is 10.9. The molecule has 1 rings (SSSR count). The molecule has 2 heteroatoms. The van der Waals surface area contributed by atoms with E-state index in [1.54, 1.807) is 0 Å². The zero-order valence-corrected chi connectivity index (χ0v) is 7.69. The third-order valence-corrected chi connectivity index (χ3v) is 1.73. The predicted octanol–water partition coefficient (Wildman–Crippen LogP) is 2.39. The number of halogens is 1. The molecule has 11 heavy (non-hydrogen) atoms.